The van der Waals surface area contributed by atoms with Crippen LogP contribution in [0, 0.1) is 12.3 Å². The van der Waals surface area contributed by atoms with Crippen LogP contribution in [-0.2, 0) is 6.42 Å². The van der Waals surface area contributed by atoms with Gasteiger partial charge in [-0.1, -0.05) is 0 Å². The third-order valence-corrected chi connectivity index (χ3v) is 3.72. The van der Waals surface area contributed by atoms with Gasteiger partial charge in [-0.25, -0.2) is 4.98 Å². The lowest BCUT2D eigenvalue weighted by atomic mass is 10.2. The molecule has 1 aromatic heterocycles. The zero-order valence-electron chi connectivity index (χ0n) is 9.86. The number of likely N-dealkylation sites (N-methyl/N-ethyl adjacent to an activating group) is 1. The molecule has 1 saturated heterocycles. The Morgan fingerprint density at radius 1 is 1.44 bits per heavy atom. The fourth-order valence-electron chi connectivity index (χ4n) is 1.85. The maximum Gasteiger partial charge on any atom is 0.102 e. The van der Waals surface area contributed by atoms with Crippen molar-refractivity contribution in [2.24, 2.45) is 0 Å². The molecule has 16 heavy (non-hydrogen) atoms. The van der Waals surface area contributed by atoms with E-state index in [1.807, 2.05) is 6.92 Å². The van der Waals surface area contributed by atoms with Crippen LogP contribution >= 0.6 is 11.3 Å². The highest BCUT2D eigenvalue weighted by molar-refractivity contribution is 7.09. The monoisotopic (exact) mass is 238 g/mol. The van der Waals surface area contributed by atoms with Gasteiger partial charge in [-0.15, -0.1) is 11.3 Å². The largest absolute Gasteiger partial charge is 0.358 e. The Kier molecular flexibility index (Phi) is 3.56. The zero-order chi connectivity index (χ0) is 11.5. The number of amidine groups is 1. The average Bonchev–Trinajstić information content (AvgIpc) is 2.65. The SMILES string of the molecule is Cc1nc(CC(=N)N2CCN(C)CC2)cs1. The summed E-state index contributed by atoms with van der Waals surface area (Å²) in [5.41, 5.74) is 1.03. The van der Waals surface area contributed by atoms with Crippen LogP contribution in [0.4, 0.5) is 0 Å². The Hall–Kier alpha value is -0.940. The second kappa shape index (κ2) is 4.93. The third kappa shape index (κ3) is 2.80. The summed E-state index contributed by atoms with van der Waals surface area (Å²) in [6.07, 6.45) is 0.675. The van der Waals surface area contributed by atoms with E-state index < -0.39 is 0 Å². The van der Waals surface area contributed by atoms with Crippen LogP contribution in [0.1, 0.15) is 10.7 Å². The van der Waals surface area contributed by atoms with E-state index in [1.54, 1.807) is 11.3 Å². The molecule has 0 spiro atoms. The standard InChI is InChI=1S/C11H18N4S/c1-9-13-10(8-16-9)7-11(12)15-5-3-14(2)4-6-15/h8,12H,3-7H2,1-2H3. The lowest BCUT2D eigenvalue weighted by Gasteiger charge is -2.33. The van der Waals surface area contributed by atoms with Crippen molar-refractivity contribution in [3.8, 4) is 0 Å². The summed E-state index contributed by atoms with van der Waals surface area (Å²) in [6, 6.07) is 0. The minimum Gasteiger partial charge on any atom is -0.358 e. The molecule has 0 aliphatic carbocycles. The Morgan fingerprint density at radius 3 is 2.69 bits per heavy atom. The molecule has 1 N–H and O–H groups in total. The molecular weight excluding hydrogens is 220 g/mol. The van der Waals surface area contributed by atoms with Crippen LogP contribution in [-0.4, -0.2) is 53.8 Å². The number of piperazine rings is 1. The second-order valence-electron chi connectivity index (χ2n) is 4.27. The number of thiazole rings is 1. The predicted molar refractivity (Wildman–Crippen MR) is 67.4 cm³/mol. The highest BCUT2D eigenvalue weighted by Gasteiger charge is 2.17. The Morgan fingerprint density at radius 2 is 2.12 bits per heavy atom. The van der Waals surface area contributed by atoms with Gasteiger partial charge in [0.05, 0.1) is 10.7 Å². The molecule has 5 heteroatoms. The molecule has 2 rings (SSSR count). The smallest absolute Gasteiger partial charge is 0.102 e. The van der Waals surface area contributed by atoms with Crippen molar-refractivity contribution >= 4 is 17.2 Å². The number of aromatic nitrogens is 1. The molecule has 1 aliphatic heterocycles. The number of rotatable bonds is 2. The average molecular weight is 238 g/mol. The molecule has 2 heterocycles. The highest BCUT2D eigenvalue weighted by atomic mass is 32.1. The Bertz CT molecular complexity index is 366. The van der Waals surface area contributed by atoms with Gasteiger partial charge < -0.3 is 9.80 Å². The van der Waals surface area contributed by atoms with Crippen molar-refractivity contribution < 1.29 is 0 Å². The second-order valence-corrected chi connectivity index (χ2v) is 5.33. The quantitative estimate of drug-likeness (QED) is 0.622. The molecule has 88 valence electrons. The van der Waals surface area contributed by atoms with E-state index in [0.29, 0.717) is 12.3 Å². The normalized spacial score (nSPS) is 17.8. The molecule has 0 amide bonds. The summed E-state index contributed by atoms with van der Waals surface area (Å²) in [4.78, 5) is 8.86. The minimum atomic E-state index is 0.675. The lowest BCUT2D eigenvalue weighted by molar-refractivity contribution is 0.213. The fraction of sp³-hybridized carbons (Fsp3) is 0.636. The van der Waals surface area contributed by atoms with Crippen LogP contribution in [0.5, 0.6) is 0 Å². The van der Waals surface area contributed by atoms with E-state index in [2.05, 4.69) is 27.2 Å². The molecule has 0 atom stereocenters. The first-order valence-electron chi connectivity index (χ1n) is 5.57. The van der Waals surface area contributed by atoms with E-state index in [-0.39, 0.29) is 0 Å². The molecule has 0 unspecified atom stereocenters. The van der Waals surface area contributed by atoms with Gasteiger partial charge in [0.2, 0.25) is 0 Å². The van der Waals surface area contributed by atoms with E-state index in [0.717, 1.165) is 36.9 Å². The summed E-state index contributed by atoms with van der Waals surface area (Å²) in [7, 11) is 2.13. The van der Waals surface area contributed by atoms with Crippen LogP contribution < -0.4 is 0 Å². The number of aryl methyl sites for hydroxylation is 1. The molecule has 0 bridgehead atoms. The first-order chi connectivity index (χ1) is 7.65. The van der Waals surface area contributed by atoms with Gasteiger partial charge in [0.1, 0.15) is 5.84 Å². The van der Waals surface area contributed by atoms with Crippen LogP contribution in [0.3, 0.4) is 0 Å². The fourth-order valence-corrected chi connectivity index (χ4v) is 2.46. The van der Waals surface area contributed by atoms with Crippen molar-refractivity contribution in [3.63, 3.8) is 0 Å². The maximum atomic E-state index is 8.07. The van der Waals surface area contributed by atoms with E-state index >= 15 is 0 Å². The summed E-state index contributed by atoms with van der Waals surface area (Å²) in [5.74, 6) is 0.707. The molecule has 1 aromatic rings. The van der Waals surface area contributed by atoms with Crippen molar-refractivity contribution in [1.82, 2.24) is 14.8 Å². The van der Waals surface area contributed by atoms with Crippen molar-refractivity contribution in [3.05, 3.63) is 16.1 Å². The maximum absolute atomic E-state index is 8.07. The zero-order valence-corrected chi connectivity index (χ0v) is 10.7. The summed E-state index contributed by atoms with van der Waals surface area (Å²) < 4.78 is 0. The topological polar surface area (TPSA) is 43.2 Å². The lowest BCUT2D eigenvalue weighted by Crippen LogP contribution is -2.47. The minimum absolute atomic E-state index is 0.675. The molecule has 1 fully saturated rings. The number of hydrogen-bond acceptors (Lipinski definition) is 4. The van der Waals surface area contributed by atoms with E-state index in [9.17, 15) is 0 Å². The Balaban J connectivity index is 1.88. The molecule has 1 aliphatic rings. The number of nitrogens with zero attached hydrogens (tertiary/aromatic N) is 3. The van der Waals surface area contributed by atoms with E-state index in [1.165, 1.54) is 0 Å². The van der Waals surface area contributed by atoms with Crippen molar-refractivity contribution in [2.75, 3.05) is 33.2 Å². The molecule has 0 radical (unpaired) electrons. The third-order valence-electron chi connectivity index (χ3n) is 2.90. The van der Waals surface area contributed by atoms with Gasteiger partial charge in [0, 0.05) is 38.0 Å². The summed E-state index contributed by atoms with van der Waals surface area (Å²) >= 11 is 1.66. The van der Waals surface area contributed by atoms with Crippen LogP contribution in [0.15, 0.2) is 5.38 Å². The predicted octanol–water partition coefficient (Wildman–Crippen LogP) is 1.22. The molecule has 0 aromatic carbocycles. The Labute approximate surface area is 100 Å². The molecular formula is C11H18N4S. The van der Waals surface area contributed by atoms with Gasteiger partial charge in [-0.05, 0) is 14.0 Å². The van der Waals surface area contributed by atoms with E-state index in [4.69, 9.17) is 5.41 Å². The van der Waals surface area contributed by atoms with Crippen molar-refractivity contribution in [2.45, 2.75) is 13.3 Å². The van der Waals surface area contributed by atoms with Crippen molar-refractivity contribution in [1.29, 1.82) is 5.41 Å². The first kappa shape index (κ1) is 11.5. The summed E-state index contributed by atoms with van der Waals surface area (Å²) in [6.45, 7) is 6.06. The summed E-state index contributed by atoms with van der Waals surface area (Å²) in [5, 5.41) is 11.2. The van der Waals surface area contributed by atoms with Crippen LogP contribution in [0.25, 0.3) is 0 Å². The number of hydrogen-bond donors (Lipinski definition) is 1. The molecule has 4 nitrogen and oxygen atoms in total. The first-order valence-corrected chi connectivity index (χ1v) is 6.45. The van der Waals surface area contributed by atoms with Crippen LogP contribution in [0.2, 0.25) is 0 Å². The molecule has 0 saturated carbocycles. The van der Waals surface area contributed by atoms with Gasteiger partial charge in [-0.3, -0.25) is 5.41 Å². The highest BCUT2D eigenvalue weighted by Crippen LogP contribution is 2.10. The van der Waals surface area contributed by atoms with Gasteiger partial charge in [0.15, 0.2) is 0 Å². The number of nitrogens with one attached hydrogen (secondary N) is 1. The van der Waals surface area contributed by atoms with Gasteiger partial charge >= 0.3 is 0 Å². The van der Waals surface area contributed by atoms with Gasteiger partial charge in [-0.2, -0.15) is 0 Å². The van der Waals surface area contributed by atoms with Gasteiger partial charge in [0.25, 0.3) is 0 Å².